The zero-order valence-electron chi connectivity index (χ0n) is 14.5. The number of benzene rings is 2. The van der Waals surface area contributed by atoms with Gasteiger partial charge in [-0.2, -0.15) is 0 Å². The topological polar surface area (TPSA) is 50.8 Å². The molecule has 0 aliphatic carbocycles. The number of hydrogen-bond acceptors (Lipinski definition) is 4. The average molecular weight is 330 g/mol. The van der Waals surface area contributed by atoms with E-state index in [1.807, 2.05) is 42.5 Å². The zero-order chi connectivity index (χ0) is 17.2. The molecule has 24 heavy (non-hydrogen) atoms. The Bertz CT molecular complexity index is 632. The van der Waals surface area contributed by atoms with Gasteiger partial charge in [-0.05, 0) is 11.5 Å². The molecule has 130 valence electrons. The number of nitrogens with zero attached hydrogens (tertiary/aromatic N) is 1. The molecule has 0 aromatic heterocycles. The fraction of sp³-hybridized carbons (Fsp3) is 0.421. The molecule has 0 aliphatic rings. The lowest BCUT2D eigenvalue weighted by Crippen LogP contribution is -2.33. The quantitative estimate of drug-likeness (QED) is 0.728. The number of hydrogen-bond donors (Lipinski definition) is 1. The van der Waals surface area contributed by atoms with E-state index in [0.29, 0.717) is 26.2 Å². The molecule has 0 saturated carbocycles. The lowest BCUT2D eigenvalue weighted by molar-refractivity contribution is -0.116. The van der Waals surface area contributed by atoms with Crippen LogP contribution in [0.15, 0.2) is 42.5 Å². The Balaban J connectivity index is 1.91. The van der Waals surface area contributed by atoms with E-state index in [9.17, 15) is 4.79 Å². The minimum atomic E-state index is 0.0196. The normalized spacial score (nSPS) is 11.1. The van der Waals surface area contributed by atoms with Crippen LogP contribution in [0, 0.1) is 0 Å². The highest BCUT2D eigenvalue weighted by Gasteiger charge is 2.09. The molecule has 5 nitrogen and oxygen atoms in total. The average Bonchev–Trinajstić information content (AvgIpc) is 2.61. The van der Waals surface area contributed by atoms with Crippen molar-refractivity contribution in [2.24, 2.45) is 0 Å². The van der Waals surface area contributed by atoms with Gasteiger partial charge in [-0.3, -0.25) is 9.69 Å². The molecule has 2 rings (SSSR count). The minimum Gasteiger partial charge on any atom is -0.383 e. The van der Waals surface area contributed by atoms with Crippen molar-refractivity contribution in [2.45, 2.75) is 6.42 Å². The third kappa shape index (κ3) is 5.60. The summed E-state index contributed by atoms with van der Waals surface area (Å²) < 4.78 is 10.2. The van der Waals surface area contributed by atoms with E-state index in [0.717, 1.165) is 29.5 Å². The first-order chi connectivity index (χ1) is 11.7. The van der Waals surface area contributed by atoms with Crippen LogP contribution in [0.25, 0.3) is 10.8 Å². The largest absolute Gasteiger partial charge is 0.383 e. The van der Waals surface area contributed by atoms with Crippen molar-refractivity contribution in [1.29, 1.82) is 0 Å². The Kier molecular flexibility index (Phi) is 7.68. The Hall–Kier alpha value is -1.95. The van der Waals surface area contributed by atoms with Crippen molar-refractivity contribution in [1.82, 2.24) is 4.90 Å². The number of ether oxygens (including phenoxy) is 2. The fourth-order valence-corrected chi connectivity index (χ4v) is 2.58. The summed E-state index contributed by atoms with van der Waals surface area (Å²) in [6.45, 7) is 3.56. The summed E-state index contributed by atoms with van der Waals surface area (Å²) in [4.78, 5) is 14.5. The second kappa shape index (κ2) is 10.0. The molecule has 0 saturated heterocycles. The molecule has 2 aromatic rings. The highest BCUT2D eigenvalue weighted by molar-refractivity contribution is 6.02. The number of rotatable bonds is 10. The molecule has 5 heteroatoms. The van der Waals surface area contributed by atoms with E-state index in [2.05, 4.69) is 10.2 Å². The van der Waals surface area contributed by atoms with Crippen LogP contribution in [0.1, 0.15) is 6.42 Å². The van der Waals surface area contributed by atoms with Gasteiger partial charge in [0.15, 0.2) is 0 Å². The van der Waals surface area contributed by atoms with Crippen molar-refractivity contribution >= 4 is 22.4 Å². The standard InChI is InChI=1S/C19H26N2O3/c1-23-14-12-21(13-15-24-2)11-10-19(22)20-18-9-5-7-16-6-3-4-8-17(16)18/h3-9H,10-15H2,1-2H3,(H,20,22). The van der Waals surface area contributed by atoms with E-state index < -0.39 is 0 Å². The van der Waals surface area contributed by atoms with E-state index in [-0.39, 0.29) is 5.91 Å². The number of anilines is 1. The molecule has 1 N–H and O–H groups in total. The molecule has 0 radical (unpaired) electrons. The van der Waals surface area contributed by atoms with Crippen molar-refractivity contribution in [3.63, 3.8) is 0 Å². The summed E-state index contributed by atoms with van der Waals surface area (Å²) in [5, 5.41) is 5.21. The van der Waals surface area contributed by atoms with Crippen molar-refractivity contribution in [2.75, 3.05) is 52.4 Å². The molecular formula is C19H26N2O3. The third-order valence-corrected chi connectivity index (χ3v) is 3.94. The summed E-state index contributed by atoms with van der Waals surface area (Å²) in [5.74, 6) is 0.0196. The van der Waals surface area contributed by atoms with Crippen LogP contribution in [0.3, 0.4) is 0 Å². The van der Waals surface area contributed by atoms with Crippen molar-refractivity contribution in [3.05, 3.63) is 42.5 Å². The van der Waals surface area contributed by atoms with Gasteiger partial charge in [-0.25, -0.2) is 0 Å². The van der Waals surface area contributed by atoms with Crippen molar-refractivity contribution < 1.29 is 14.3 Å². The molecule has 0 fully saturated rings. The van der Waals surface area contributed by atoms with Gasteiger partial charge in [0.25, 0.3) is 0 Å². The molecular weight excluding hydrogens is 304 g/mol. The first-order valence-corrected chi connectivity index (χ1v) is 8.22. The lowest BCUT2D eigenvalue weighted by Gasteiger charge is -2.21. The number of fused-ring (bicyclic) bond motifs is 1. The number of methoxy groups -OCH3 is 2. The van der Waals surface area contributed by atoms with Gasteiger partial charge in [0.05, 0.1) is 13.2 Å². The number of carbonyl (C=O) groups excluding carboxylic acids is 1. The monoisotopic (exact) mass is 330 g/mol. The summed E-state index contributed by atoms with van der Waals surface area (Å²) in [6, 6.07) is 14.0. The first-order valence-electron chi connectivity index (χ1n) is 8.22. The van der Waals surface area contributed by atoms with Gasteiger partial charge < -0.3 is 14.8 Å². The van der Waals surface area contributed by atoms with Gasteiger partial charge in [-0.15, -0.1) is 0 Å². The molecule has 1 amide bonds. The maximum Gasteiger partial charge on any atom is 0.225 e. The van der Waals surface area contributed by atoms with Crippen LogP contribution in [0.4, 0.5) is 5.69 Å². The summed E-state index contributed by atoms with van der Waals surface area (Å²) in [5.41, 5.74) is 0.860. The molecule has 0 unspecified atom stereocenters. The maximum atomic E-state index is 12.3. The SMILES string of the molecule is COCCN(CCOC)CCC(=O)Nc1cccc2ccccc12. The Morgan fingerprint density at radius 3 is 2.33 bits per heavy atom. The Morgan fingerprint density at radius 1 is 0.958 bits per heavy atom. The maximum absolute atomic E-state index is 12.3. The van der Waals surface area contributed by atoms with Gasteiger partial charge >= 0.3 is 0 Å². The summed E-state index contributed by atoms with van der Waals surface area (Å²) in [6.07, 6.45) is 0.441. The highest BCUT2D eigenvalue weighted by Crippen LogP contribution is 2.22. The summed E-state index contributed by atoms with van der Waals surface area (Å²) >= 11 is 0. The smallest absolute Gasteiger partial charge is 0.225 e. The Morgan fingerprint density at radius 2 is 1.62 bits per heavy atom. The van der Waals surface area contributed by atoms with Crippen LogP contribution >= 0.6 is 0 Å². The number of carbonyl (C=O) groups is 1. The molecule has 0 heterocycles. The highest BCUT2D eigenvalue weighted by atomic mass is 16.5. The predicted octanol–water partition coefficient (Wildman–Crippen LogP) is 2.76. The molecule has 2 aromatic carbocycles. The second-order valence-electron chi connectivity index (χ2n) is 5.65. The fourth-order valence-electron chi connectivity index (χ4n) is 2.58. The van der Waals surface area contributed by atoms with Crippen LogP contribution in [0.5, 0.6) is 0 Å². The molecule has 0 atom stereocenters. The van der Waals surface area contributed by atoms with Gasteiger partial charge in [0.2, 0.25) is 5.91 Å². The first kappa shape index (κ1) is 18.4. The minimum absolute atomic E-state index is 0.0196. The van der Waals surface area contributed by atoms with E-state index in [1.54, 1.807) is 14.2 Å². The lowest BCUT2D eigenvalue weighted by atomic mass is 10.1. The molecule has 0 spiro atoms. The van der Waals surface area contributed by atoms with Crippen LogP contribution in [-0.2, 0) is 14.3 Å². The van der Waals surface area contributed by atoms with Gasteiger partial charge in [-0.1, -0.05) is 36.4 Å². The van der Waals surface area contributed by atoms with Gasteiger partial charge in [0.1, 0.15) is 0 Å². The number of nitrogens with one attached hydrogen (secondary N) is 1. The molecule has 0 bridgehead atoms. The third-order valence-electron chi connectivity index (χ3n) is 3.94. The van der Waals surface area contributed by atoms with E-state index in [1.165, 1.54) is 0 Å². The van der Waals surface area contributed by atoms with Crippen LogP contribution < -0.4 is 5.32 Å². The van der Waals surface area contributed by atoms with Crippen LogP contribution in [-0.4, -0.2) is 57.9 Å². The van der Waals surface area contributed by atoms with Gasteiger partial charge in [0, 0.05) is 51.3 Å². The second-order valence-corrected chi connectivity index (χ2v) is 5.65. The predicted molar refractivity (Wildman–Crippen MR) is 97.4 cm³/mol. The van der Waals surface area contributed by atoms with E-state index >= 15 is 0 Å². The molecule has 0 aliphatic heterocycles. The summed E-state index contributed by atoms with van der Waals surface area (Å²) in [7, 11) is 3.36. The zero-order valence-corrected chi connectivity index (χ0v) is 14.5. The number of amides is 1. The van der Waals surface area contributed by atoms with E-state index in [4.69, 9.17) is 9.47 Å². The van der Waals surface area contributed by atoms with Crippen molar-refractivity contribution in [3.8, 4) is 0 Å². The Labute approximate surface area is 143 Å². The van der Waals surface area contributed by atoms with Crippen LogP contribution in [0.2, 0.25) is 0 Å².